The van der Waals surface area contributed by atoms with Crippen molar-refractivity contribution in [3.63, 3.8) is 0 Å². The van der Waals surface area contributed by atoms with Crippen molar-refractivity contribution in [2.75, 3.05) is 5.43 Å². The first-order chi connectivity index (χ1) is 6.74. The van der Waals surface area contributed by atoms with Gasteiger partial charge in [0, 0.05) is 0 Å². The number of carboxylic acid groups (broad SMARTS) is 1. The van der Waals surface area contributed by atoms with Crippen molar-refractivity contribution in [3.8, 4) is 0 Å². The number of hydrazine groups is 1. The van der Waals surface area contributed by atoms with E-state index in [1.165, 1.54) is 0 Å². The molecule has 0 bridgehead atoms. The van der Waals surface area contributed by atoms with Gasteiger partial charge in [0.1, 0.15) is 0 Å². The molecule has 0 aliphatic heterocycles. The number of benzene rings is 1. The second-order valence-corrected chi connectivity index (χ2v) is 2.61. The van der Waals surface area contributed by atoms with Gasteiger partial charge < -0.3 is 5.11 Å². The average Bonchev–Trinajstić information content (AvgIpc) is 2.16. The van der Waals surface area contributed by atoms with E-state index in [4.69, 9.17) is 5.11 Å². The van der Waals surface area contributed by atoms with Crippen molar-refractivity contribution >= 4 is 18.1 Å². The molecule has 0 saturated carbocycles. The number of anilines is 1. The minimum Gasteiger partial charge on any atom is -0.481 e. The molecule has 1 aromatic rings. The quantitative estimate of drug-likeness (QED) is 0.468. The predicted octanol–water partition coefficient (Wildman–Crippen LogP) is 0.387. The van der Waals surface area contributed by atoms with Gasteiger partial charge in [-0.15, -0.1) is 0 Å². The molecule has 0 unspecified atom stereocenters. The first-order valence-corrected chi connectivity index (χ1v) is 3.99. The molecular formula is C9H10N2O3. The topological polar surface area (TPSA) is 78.4 Å². The van der Waals surface area contributed by atoms with Gasteiger partial charge in [-0.3, -0.25) is 20.4 Å². The van der Waals surface area contributed by atoms with Gasteiger partial charge in [-0.2, -0.15) is 0 Å². The van der Waals surface area contributed by atoms with Crippen LogP contribution >= 0.6 is 0 Å². The van der Waals surface area contributed by atoms with E-state index in [1.54, 1.807) is 24.3 Å². The van der Waals surface area contributed by atoms with Crippen molar-refractivity contribution in [3.05, 3.63) is 29.8 Å². The number of para-hydroxylation sites is 1. The molecule has 0 radical (unpaired) electrons. The first kappa shape index (κ1) is 10.0. The van der Waals surface area contributed by atoms with Gasteiger partial charge >= 0.3 is 5.97 Å². The molecule has 1 aromatic carbocycles. The van der Waals surface area contributed by atoms with Gasteiger partial charge in [0.15, 0.2) is 0 Å². The summed E-state index contributed by atoms with van der Waals surface area (Å²) in [6, 6.07) is 6.86. The van der Waals surface area contributed by atoms with E-state index in [0.29, 0.717) is 17.7 Å². The highest BCUT2D eigenvalue weighted by Crippen LogP contribution is 2.14. The van der Waals surface area contributed by atoms with Crippen LogP contribution in [0.3, 0.4) is 0 Å². The molecule has 1 rings (SSSR count). The summed E-state index contributed by atoms with van der Waals surface area (Å²) < 4.78 is 0. The van der Waals surface area contributed by atoms with E-state index in [0.717, 1.165) is 0 Å². The molecule has 0 aliphatic carbocycles. The molecule has 0 aliphatic rings. The summed E-state index contributed by atoms with van der Waals surface area (Å²) in [5.74, 6) is -0.912. The Morgan fingerprint density at radius 3 is 2.79 bits per heavy atom. The number of amides is 1. The number of carboxylic acids is 1. The lowest BCUT2D eigenvalue weighted by Crippen LogP contribution is -2.20. The van der Waals surface area contributed by atoms with Crippen LogP contribution in [0.1, 0.15) is 5.56 Å². The molecule has 5 heteroatoms. The highest BCUT2D eigenvalue weighted by Gasteiger charge is 2.04. The Bertz CT molecular complexity index is 339. The number of hydrogen-bond acceptors (Lipinski definition) is 3. The van der Waals surface area contributed by atoms with Crippen LogP contribution in [0, 0.1) is 0 Å². The number of nitrogens with one attached hydrogen (secondary N) is 2. The number of rotatable bonds is 5. The number of carbonyl (C=O) groups is 2. The third kappa shape index (κ3) is 2.78. The third-order valence-electron chi connectivity index (χ3n) is 1.62. The van der Waals surface area contributed by atoms with E-state index in [9.17, 15) is 9.59 Å². The Balaban J connectivity index is 2.79. The van der Waals surface area contributed by atoms with Crippen molar-refractivity contribution in [1.29, 1.82) is 0 Å². The van der Waals surface area contributed by atoms with E-state index in [2.05, 4.69) is 10.9 Å². The lowest BCUT2D eigenvalue weighted by atomic mass is 10.1. The van der Waals surface area contributed by atoms with Crippen LogP contribution in [0.5, 0.6) is 0 Å². The fourth-order valence-corrected chi connectivity index (χ4v) is 1.07. The van der Waals surface area contributed by atoms with Gasteiger partial charge in [0.25, 0.3) is 0 Å². The fourth-order valence-electron chi connectivity index (χ4n) is 1.07. The zero-order valence-corrected chi connectivity index (χ0v) is 7.36. The third-order valence-corrected chi connectivity index (χ3v) is 1.62. The van der Waals surface area contributed by atoms with Crippen LogP contribution in [0.25, 0.3) is 0 Å². The summed E-state index contributed by atoms with van der Waals surface area (Å²) in [5, 5.41) is 8.60. The molecule has 1 amide bonds. The molecule has 74 valence electrons. The van der Waals surface area contributed by atoms with Crippen LogP contribution in [-0.2, 0) is 16.0 Å². The van der Waals surface area contributed by atoms with Crippen LogP contribution < -0.4 is 10.9 Å². The second-order valence-electron chi connectivity index (χ2n) is 2.61. The van der Waals surface area contributed by atoms with Crippen molar-refractivity contribution in [2.24, 2.45) is 0 Å². The molecule has 0 spiro atoms. The summed E-state index contributed by atoms with van der Waals surface area (Å²) in [5.41, 5.74) is 6.05. The van der Waals surface area contributed by atoms with E-state index >= 15 is 0 Å². The summed E-state index contributed by atoms with van der Waals surface area (Å²) in [6.45, 7) is 0. The van der Waals surface area contributed by atoms with E-state index in [1.807, 2.05) is 0 Å². The SMILES string of the molecule is O=CNNc1ccccc1CC(=O)O. The molecule has 14 heavy (non-hydrogen) atoms. The number of aliphatic carboxylic acids is 1. The maximum atomic E-state index is 10.5. The minimum atomic E-state index is -0.912. The molecule has 0 atom stereocenters. The Kier molecular flexibility index (Phi) is 3.49. The molecule has 5 nitrogen and oxygen atoms in total. The first-order valence-electron chi connectivity index (χ1n) is 3.99. The van der Waals surface area contributed by atoms with Gasteiger partial charge in [0.2, 0.25) is 6.41 Å². The van der Waals surface area contributed by atoms with E-state index < -0.39 is 5.97 Å². The zero-order valence-electron chi connectivity index (χ0n) is 7.36. The molecule has 0 saturated heterocycles. The molecular weight excluding hydrogens is 184 g/mol. The lowest BCUT2D eigenvalue weighted by molar-refractivity contribution is -0.136. The Hall–Kier alpha value is -2.04. The Labute approximate surface area is 80.7 Å². The van der Waals surface area contributed by atoms with Gasteiger partial charge in [0.05, 0.1) is 12.1 Å². The number of hydrogen-bond donors (Lipinski definition) is 3. The summed E-state index contributed by atoms with van der Waals surface area (Å²) in [6.07, 6.45) is 0.404. The highest BCUT2D eigenvalue weighted by atomic mass is 16.4. The van der Waals surface area contributed by atoms with Crippen LogP contribution in [-0.4, -0.2) is 17.5 Å². The van der Waals surface area contributed by atoms with Gasteiger partial charge in [-0.1, -0.05) is 18.2 Å². The maximum Gasteiger partial charge on any atom is 0.307 e. The standard InChI is InChI=1S/C9H10N2O3/c12-6-10-11-8-4-2-1-3-7(8)5-9(13)14/h1-4,6,11H,5H2,(H,10,12)(H,13,14). The lowest BCUT2D eigenvalue weighted by Gasteiger charge is -2.08. The minimum absolute atomic E-state index is 0.0797. The largest absolute Gasteiger partial charge is 0.481 e. The normalized spacial score (nSPS) is 9.14. The molecule has 0 heterocycles. The van der Waals surface area contributed by atoms with Crippen LogP contribution in [0.4, 0.5) is 5.69 Å². The summed E-state index contributed by atoms with van der Waals surface area (Å²) in [7, 11) is 0. The predicted molar refractivity (Wildman–Crippen MR) is 50.6 cm³/mol. The molecule has 0 fully saturated rings. The summed E-state index contributed by atoms with van der Waals surface area (Å²) >= 11 is 0. The van der Waals surface area contributed by atoms with Gasteiger partial charge in [-0.25, -0.2) is 0 Å². The van der Waals surface area contributed by atoms with Crippen LogP contribution in [0.15, 0.2) is 24.3 Å². The smallest absolute Gasteiger partial charge is 0.307 e. The van der Waals surface area contributed by atoms with Crippen molar-refractivity contribution in [2.45, 2.75) is 6.42 Å². The summed E-state index contributed by atoms with van der Waals surface area (Å²) in [4.78, 5) is 20.5. The van der Waals surface area contributed by atoms with Crippen LogP contribution in [0.2, 0.25) is 0 Å². The Morgan fingerprint density at radius 2 is 2.14 bits per heavy atom. The molecule has 0 aromatic heterocycles. The maximum absolute atomic E-state index is 10.5. The highest BCUT2D eigenvalue weighted by molar-refractivity contribution is 5.73. The number of carbonyl (C=O) groups excluding carboxylic acids is 1. The molecule has 3 N–H and O–H groups in total. The van der Waals surface area contributed by atoms with Gasteiger partial charge in [-0.05, 0) is 11.6 Å². The Morgan fingerprint density at radius 1 is 1.43 bits per heavy atom. The fraction of sp³-hybridized carbons (Fsp3) is 0.111. The zero-order chi connectivity index (χ0) is 10.4. The monoisotopic (exact) mass is 194 g/mol. The van der Waals surface area contributed by atoms with Crippen molar-refractivity contribution in [1.82, 2.24) is 5.43 Å². The van der Waals surface area contributed by atoms with Crippen molar-refractivity contribution < 1.29 is 14.7 Å². The second kappa shape index (κ2) is 4.86. The average molecular weight is 194 g/mol. The van der Waals surface area contributed by atoms with E-state index in [-0.39, 0.29) is 6.42 Å².